The molecule has 0 aromatic carbocycles. The van der Waals surface area contributed by atoms with E-state index in [0.717, 1.165) is 6.42 Å². The Morgan fingerprint density at radius 3 is 2.70 bits per heavy atom. The van der Waals surface area contributed by atoms with Crippen LogP contribution in [-0.2, 0) is 0 Å². The van der Waals surface area contributed by atoms with Gasteiger partial charge in [-0.1, -0.05) is 12.2 Å². The molecule has 0 spiro atoms. The molecule has 2 unspecified atom stereocenters. The lowest BCUT2D eigenvalue weighted by Gasteiger charge is -2.15. The van der Waals surface area contributed by atoms with Crippen molar-refractivity contribution in [1.82, 2.24) is 19.5 Å². The number of nitrogens with two attached hydrogens (primary N) is 1. The van der Waals surface area contributed by atoms with E-state index in [1.807, 2.05) is 16.7 Å². The Morgan fingerprint density at radius 1 is 1.26 bits per heavy atom. The van der Waals surface area contributed by atoms with Gasteiger partial charge >= 0.3 is 0 Å². The maximum absolute atomic E-state index is 9.26. The number of nitrogen functional groups attached to an aromatic ring is 1. The zero-order valence-corrected chi connectivity index (χ0v) is 12.5. The molecule has 3 rings (SSSR count). The average molecular weight is 320 g/mol. The van der Waals surface area contributed by atoms with Gasteiger partial charge in [0.2, 0.25) is 5.95 Å². The first-order valence-corrected chi connectivity index (χ1v) is 7.43. The molecule has 1 aliphatic carbocycles. The van der Waals surface area contributed by atoms with Crippen molar-refractivity contribution in [3.63, 3.8) is 0 Å². The van der Waals surface area contributed by atoms with E-state index in [0.29, 0.717) is 17.0 Å². The minimum absolute atomic E-state index is 0.0470. The minimum atomic E-state index is -0.553. The monoisotopic (exact) mass is 320 g/mol. The van der Waals surface area contributed by atoms with Crippen LogP contribution in [0.5, 0.6) is 0 Å². The molecule has 9 heteroatoms. The van der Waals surface area contributed by atoms with Crippen LogP contribution in [0.15, 0.2) is 18.5 Å². The number of hydrogen-bond acceptors (Lipinski definition) is 8. The Kier molecular flexibility index (Phi) is 4.42. The van der Waals surface area contributed by atoms with Crippen LogP contribution in [0.25, 0.3) is 11.2 Å². The van der Waals surface area contributed by atoms with Crippen molar-refractivity contribution in [1.29, 1.82) is 0 Å². The summed E-state index contributed by atoms with van der Waals surface area (Å²) >= 11 is 0. The lowest BCUT2D eigenvalue weighted by atomic mass is 10.1. The number of fused-ring (bicyclic) bond motifs is 1. The molecule has 1 aliphatic rings. The Hall–Kier alpha value is -2.23. The summed E-state index contributed by atoms with van der Waals surface area (Å²) in [6.45, 7) is -0.378. The summed E-state index contributed by atoms with van der Waals surface area (Å²) in [6, 6.07) is -0.506. The predicted octanol–water partition coefficient (Wildman–Crippen LogP) is -0.717. The molecule has 124 valence electrons. The van der Waals surface area contributed by atoms with Crippen molar-refractivity contribution in [2.24, 2.45) is 5.92 Å². The van der Waals surface area contributed by atoms with Crippen LogP contribution in [-0.4, -0.2) is 60.7 Å². The van der Waals surface area contributed by atoms with E-state index >= 15 is 0 Å². The molecular formula is C14H20N6O3. The summed E-state index contributed by atoms with van der Waals surface area (Å²) in [7, 11) is 0. The summed E-state index contributed by atoms with van der Waals surface area (Å²) in [5, 5.41) is 30.6. The van der Waals surface area contributed by atoms with Crippen molar-refractivity contribution >= 4 is 22.9 Å². The Labute approximate surface area is 132 Å². The molecule has 23 heavy (non-hydrogen) atoms. The molecule has 2 atom stereocenters. The third kappa shape index (κ3) is 2.98. The third-order valence-electron chi connectivity index (χ3n) is 3.96. The smallest absolute Gasteiger partial charge is 0.224 e. The highest BCUT2D eigenvalue weighted by atomic mass is 16.3. The fourth-order valence-corrected chi connectivity index (χ4v) is 2.71. The highest BCUT2D eigenvalue weighted by Crippen LogP contribution is 2.31. The SMILES string of the molecule is Nc1nc(NC(CO)CO)c2ncn(C3C=CC(CO)C3)c2n1. The van der Waals surface area contributed by atoms with Crippen molar-refractivity contribution in [2.45, 2.75) is 18.5 Å². The maximum Gasteiger partial charge on any atom is 0.224 e. The van der Waals surface area contributed by atoms with Gasteiger partial charge in [0.15, 0.2) is 17.0 Å². The molecular weight excluding hydrogens is 300 g/mol. The van der Waals surface area contributed by atoms with Crippen LogP contribution in [0.3, 0.4) is 0 Å². The molecule has 0 bridgehead atoms. The van der Waals surface area contributed by atoms with Gasteiger partial charge < -0.3 is 30.9 Å². The summed E-state index contributed by atoms with van der Waals surface area (Å²) in [5.74, 6) is 0.583. The fraction of sp³-hybridized carbons (Fsp3) is 0.500. The third-order valence-corrected chi connectivity index (χ3v) is 3.96. The number of nitrogens with one attached hydrogen (secondary N) is 1. The summed E-state index contributed by atoms with van der Waals surface area (Å²) < 4.78 is 1.89. The van der Waals surface area contributed by atoms with Crippen LogP contribution in [0, 0.1) is 5.92 Å². The maximum atomic E-state index is 9.26. The number of imidazole rings is 1. The second-order valence-electron chi connectivity index (χ2n) is 5.59. The van der Waals surface area contributed by atoms with E-state index in [1.165, 1.54) is 0 Å². The van der Waals surface area contributed by atoms with E-state index < -0.39 is 6.04 Å². The molecule has 0 radical (unpaired) electrons. The highest BCUT2D eigenvalue weighted by Gasteiger charge is 2.23. The second kappa shape index (κ2) is 6.49. The highest BCUT2D eigenvalue weighted by molar-refractivity contribution is 5.84. The average Bonchev–Trinajstić information content (AvgIpc) is 3.18. The van der Waals surface area contributed by atoms with E-state index in [1.54, 1.807) is 6.33 Å². The number of nitrogens with zero attached hydrogens (tertiary/aromatic N) is 4. The molecule has 2 aromatic heterocycles. The van der Waals surface area contributed by atoms with Crippen LogP contribution in [0.2, 0.25) is 0 Å². The molecule has 0 fully saturated rings. The summed E-state index contributed by atoms with van der Waals surface area (Å²) in [5.41, 5.74) is 6.87. The number of allylic oxidation sites excluding steroid dienone is 1. The first-order valence-electron chi connectivity index (χ1n) is 7.43. The van der Waals surface area contributed by atoms with Gasteiger partial charge in [0.1, 0.15) is 0 Å². The number of aliphatic hydroxyl groups excluding tert-OH is 3. The van der Waals surface area contributed by atoms with Crippen LogP contribution < -0.4 is 11.1 Å². The normalized spacial score (nSPS) is 20.7. The van der Waals surface area contributed by atoms with Gasteiger partial charge in [-0.3, -0.25) is 0 Å². The predicted molar refractivity (Wildman–Crippen MR) is 84.7 cm³/mol. The van der Waals surface area contributed by atoms with E-state index in [2.05, 4.69) is 20.3 Å². The molecule has 9 nitrogen and oxygen atoms in total. The first-order chi connectivity index (χ1) is 11.2. The minimum Gasteiger partial charge on any atom is -0.396 e. The van der Waals surface area contributed by atoms with Crippen LogP contribution in [0.4, 0.5) is 11.8 Å². The molecule has 2 aromatic rings. The molecule has 2 heterocycles. The van der Waals surface area contributed by atoms with Gasteiger partial charge in [0.05, 0.1) is 31.6 Å². The Balaban J connectivity index is 1.97. The van der Waals surface area contributed by atoms with Crippen molar-refractivity contribution in [3.05, 3.63) is 18.5 Å². The van der Waals surface area contributed by atoms with Gasteiger partial charge in [0.25, 0.3) is 0 Å². The number of aromatic nitrogens is 4. The lowest BCUT2D eigenvalue weighted by molar-refractivity contribution is 0.203. The molecule has 0 saturated heterocycles. The largest absolute Gasteiger partial charge is 0.396 e. The number of aliphatic hydroxyl groups is 3. The van der Waals surface area contributed by atoms with Crippen LogP contribution >= 0.6 is 0 Å². The van der Waals surface area contributed by atoms with Crippen molar-refractivity contribution in [2.75, 3.05) is 30.9 Å². The van der Waals surface area contributed by atoms with E-state index in [4.69, 9.17) is 5.73 Å². The number of rotatable bonds is 6. The van der Waals surface area contributed by atoms with Gasteiger partial charge in [-0.2, -0.15) is 9.97 Å². The lowest BCUT2D eigenvalue weighted by Crippen LogP contribution is -2.28. The zero-order valence-electron chi connectivity index (χ0n) is 12.5. The zero-order chi connectivity index (χ0) is 16.4. The molecule has 6 N–H and O–H groups in total. The van der Waals surface area contributed by atoms with E-state index in [-0.39, 0.29) is 37.7 Å². The van der Waals surface area contributed by atoms with Crippen molar-refractivity contribution < 1.29 is 15.3 Å². The van der Waals surface area contributed by atoms with E-state index in [9.17, 15) is 15.3 Å². The van der Waals surface area contributed by atoms with Gasteiger partial charge in [-0.15, -0.1) is 0 Å². The quantitative estimate of drug-likeness (QED) is 0.439. The first kappa shape index (κ1) is 15.7. The topological polar surface area (TPSA) is 142 Å². The standard InChI is InChI=1S/C14H20N6O3/c15-14-18-12(17-9(5-22)6-23)11-13(19-14)20(7-16-11)10-2-1-8(3-10)4-21/h1-2,7-10,21-23H,3-6H2,(H3,15,17,18,19). The summed E-state index contributed by atoms with van der Waals surface area (Å²) in [4.78, 5) is 12.7. The second-order valence-corrected chi connectivity index (χ2v) is 5.59. The fourth-order valence-electron chi connectivity index (χ4n) is 2.71. The molecule has 0 amide bonds. The van der Waals surface area contributed by atoms with Crippen molar-refractivity contribution in [3.8, 4) is 0 Å². The van der Waals surface area contributed by atoms with Crippen LogP contribution in [0.1, 0.15) is 12.5 Å². The molecule has 0 saturated carbocycles. The molecule has 0 aliphatic heterocycles. The Bertz CT molecular complexity index is 712. The van der Waals surface area contributed by atoms with Gasteiger partial charge in [-0.25, -0.2) is 4.98 Å². The summed E-state index contributed by atoms with van der Waals surface area (Å²) in [6.07, 6.45) is 6.42. The van der Waals surface area contributed by atoms with Gasteiger partial charge in [0, 0.05) is 12.5 Å². The number of hydrogen-bond donors (Lipinski definition) is 5. The Morgan fingerprint density at radius 2 is 2.04 bits per heavy atom. The van der Waals surface area contributed by atoms with Gasteiger partial charge in [-0.05, 0) is 6.42 Å². The number of anilines is 2.